The minimum atomic E-state index is -0.966. The predicted molar refractivity (Wildman–Crippen MR) is 96.7 cm³/mol. The average Bonchev–Trinajstić information content (AvgIpc) is 2.45. The Balaban J connectivity index is 2.79. The standard InChI is InChI=1S/C18H27N3O4/c1-11(2)18(5,10-15(22)23)21-16(24)13-6-8-14(9-7-13)20-17(25)19-12(3)4/h6-9,11-12H,10H2,1-5H3,(H,21,24)(H,22,23)(H2,19,20,25). The Labute approximate surface area is 148 Å². The third-order valence-electron chi connectivity index (χ3n) is 4.02. The van der Waals surface area contributed by atoms with Gasteiger partial charge in [-0.05, 0) is 51.0 Å². The molecule has 1 aromatic carbocycles. The van der Waals surface area contributed by atoms with Crippen molar-refractivity contribution in [1.29, 1.82) is 0 Å². The Morgan fingerprint density at radius 2 is 1.64 bits per heavy atom. The average molecular weight is 349 g/mol. The van der Waals surface area contributed by atoms with Crippen LogP contribution in [-0.4, -0.2) is 34.6 Å². The minimum Gasteiger partial charge on any atom is -0.481 e. The predicted octanol–water partition coefficient (Wildman–Crippen LogP) is 2.84. The largest absolute Gasteiger partial charge is 0.481 e. The van der Waals surface area contributed by atoms with Crippen molar-refractivity contribution in [3.63, 3.8) is 0 Å². The van der Waals surface area contributed by atoms with Crippen molar-refractivity contribution in [2.24, 2.45) is 5.92 Å². The SMILES string of the molecule is CC(C)NC(=O)Nc1ccc(C(=O)NC(C)(CC(=O)O)C(C)C)cc1. The van der Waals surface area contributed by atoms with E-state index in [1.54, 1.807) is 31.2 Å². The number of nitrogens with one attached hydrogen (secondary N) is 3. The van der Waals surface area contributed by atoms with Crippen molar-refractivity contribution in [3.05, 3.63) is 29.8 Å². The molecule has 0 fully saturated rings. The maximum Gasteiger partial charge on any atom is 0.319 e. The fraction of sp³-hybridized carbons (Fsp3) is 0.500. The van der Waals surface area contributed by atoms with E-state index in [4.69, 9.17) is 5.11 Å². The molecule has 0 aliphatic heterocycles. The van der Waals surface area contributed by atoms with Crippen LogP contribution < -0.4 is 16.0 Å². The number of rotatable bonds is 7. The van der Waals surface area contributed by atoms with E-state index in [0.29, 0.717) is 11.3 Å². The maximum absolute atomic E-state index is 12.4. The van der Waals surface area contributed by atoms with Crippen molar-refractivity contribution in [2.75, 3.05) is 5.32 Å². The third-order valence-corrected chi connectivity index (χ3v) is 4.02. The molecule has 0 bridgehead atoms. The summed E-state index contributed by atoms with van der Waals surface area (Å²) in [5.74, 6) is -1.36. The molecule has 1 unspecified atom stereocenters. The molecule has 1 atom stereocenters. The first-order valence-electron chi connectivity index (χ1n) is 8.25. The van der Waals surface area contributed by atoms with E-state index >= 15 is 0 Å². The summed E-state index contributed by atoms with van der Waals surface area (Å²) in [4.78, 5) is 35.1. The van der Waals surface area contributed by atoms with Gasteiger partial charge in [-0.25, -0.2) is 4.79 Å². The highest BCUT2D eigenvalue weighted by molar-refractivity contribution is 5.96. The molecule has 7 heteroatoms. The highest BCUT2D eigenvalue weighted by Gasteiger charge is 2.33. The van der Waals surface area contributed by atoms with E-state index in [-0.39, 0.29) is 30.3 Å². The molecule has 3 amide bonds. The number of urea groups is 1. The van der Waals surface area contributed by atoms with Gasteiger partial charge in [0.2, 0.25) is 0 Å². The van der Waals surface area contributed by atoms with Crippen LogP contribution >= 0.6 is 0 Å². The number of amides is 3. The monoisotopic (exact) mass is 349 g/mol. The van der Waals surface area contributed by atoms with Crippen molar-refractivity contribution < 1.29 is 19.5 Å². The lowest BCUT2D eigenvalue weighted by atomic mass is 9.85. The number of carbonyl (C=O) groups is 3. The quantitative estimate of drug-likeness (QED) is 0.607. The van der Waals surface area contributed by atoms with Crippen LogP contribution in [0.25, 0.3) is 0 Å². The smallest absolute Gasteiger partial charge is 0.319 e. The van der Waals surface area contributed by atoms with Crippen LogP contribution in [0, 0.1) is 5.92 Å². The lowest BCUT2D eigenvalue weighted by Gasteiger charge is -2.33. The first-order valence-corrected chi connectivity index (χ1v) is 8.25. The van der Waals surface area contributed by atoms with Crippen molar-refractivity contribution in [1.82, 2.24) is 10.6 Å². The van der Waals surface area contributed by atoms with Crippen molar-refractivity contribution in [2.45, 2.75) is 52.6 Å². The number of hydrogen-bond donors (Lipinski definition) is 4. The molecule has 7 nitrogen and oxygen atoms in total. The van der Waals surface area contributed by atoms with Crippen LogP contribution in [-0.2, 0) is 4.79 Å². The first kappa shape index (κ1) is 20.5. The van der Waals surface area contributed by atoms with E-state index < -0.39 is 11.5 Å². The van der Waals surface area contributed by atoms with Crippen LogP contribution in [0.3, 0.4) is 0 Å². The lowest BCUT2D eigenvalue weighted by molar-refractivity contribution is -0.138. The van der Waals surface area contributed by atoms with Gasteiger partial charge in [0.25, 0.3) is 5.91 Å². The van der Waals surface area contributed by atoms with Crippen LogP contribution in [0.15, 0.2) is 24.3 Å². The van der Waals surface area contributed by atoms with Gasteiger partial charge in [-0.3, -0.25) is 9.59 Å². The van der Waals surface area contributed by atoms with E-state index in [1.165, 1.54) is 0 Å². The maximum atomic E-state index is 12.4. The van der Waals surface area contributed by atoms with Gasteiger partial charge in [0.15, 0.2) is 0 Å². The van der Waals surface area contributed by atoms with Gasteiger partial charge in [-0.1, -0.05) is 13.8 Å². The molecule has 0 saturated heterocycles. The van der Waals surface area contributed by atoms with Crippen molar-refractivity contribution in [3.8, 4) is 0 Å². The zero-order valence-electron chi connectivity index (χ0n) is 15.3. The minimum absolute atomic E-state index is 0.0213. The van der Waals surface area contributed by atoms with Gasteiger partial charge >= 0.3 is 12.0 Å². The molecule has 1 rings (SSSR count). The van der Waals surface area contributed by atoms with E-state index in [0.717, 1.165) is 0 Å². The third kappa shape index (κ3) is 6.45. The normalized spacial score (nSPS) is 13.2. The van der Waals surface area contributed by atoms with Crippen molar-refractivity contribution >= 4 is 23.6 Å². The van der Waals surface area contributed by atoms with Crippen LogP contribution in [0.1, 0.15) is 51.4 Å². The summed E-state index contributed by atoms with van der Waals surface area (Å²) >= 11 is 0. The zero-order chi connectivity index (χ0) is 19.2. The molecule has 0 aromatic heterocycles. The molecular weight excluding hydrogens is 322 g/mol. The number of carboxylic acids is 1. The number of carbonyl (C=O) groups excluding carboxylic acids is 2. The molecule has 0 aliphatic rings. The zero-order valence-corrected chi connectivity index (χ0v) is 15.3. The summed E-state index contributed by atoms with van der Waals surface area (Å²) < 4.78 is 0. The van der Waals surface area contributed by atoms with Gasteiger partial charge in [0.1, 0.15) is 0 Å². The fourth-order valence-electron chi connectivity index (χ4n) is 2.17. The molecule has 0 saturated carbocycles. The van der Waals surface area contributed by atoms with Gasteiger partial charge in [-0.2, -0.15) is 0 Å². The second-order valence-electron chi connectivity index (χ2n) is 6.93. The molecule has 0 radical (unpaired) electrons. The van der Waals surface area contributed by atoms with Crippen LogP contribution in [0.2, 0.25) is 0 Å². The van der Waals surface area contributed by atoms with Gasteiger partial charge in [0, 0.05) is 17.3 Å². The summed E-state index contributed by atoms with van der Waals surface area (Å²) in [6, 6.07) is 6.12. The number of anilines is 1. The number of aliphatic carboxylic acids is 1. The second kappa shape index (κ2) is 8.50. The molecule has 138 valence electrons. The van der Waals surface area contributed by atoms with Gasteiger partial charge < -0.3 is 21.1 Å². The molecule has 0 heterocycles. The Morgan fingerprint density at radius 1 is 1.08 bits per heavy atom. The Bertz CT molecular complexity index is 626. The topological polar surface area (TPSA) is 108 Å². The Kier molecular flexibility index (Phi) is 6.97. The van der Waals surface area contributed by atoms with E-state index in [2.05, 4.69) is 16.0 Å². The Morgan fingerprint density at radius 3 is 2.08 bits per heavy atom. The van der Waals surface area contributed by atoms with Crippen LogP contribution in [0.5, 0.6) is 0 Å². The molecule has 25 heavy (non-hydrogen) atoms. The molecule has 0 spiro atoms. The highest BCUT2D eigenvalue weighted by Crippen LogP contribution is 2.22. The molecular formula is C18H27N3O4. The summed E-state index contributed by atoms with van der Waals surface area (Å²) in [7, 11) is 0. The summed E-state index contributed by atoms with van der Waals surface area (Å²) in [5, 5.41) is 17.3. The molecule has 4 N–H and O–H groups in total. The number of carboxylic acid groups (broad SMARTS) is 1. The first-order chi connectivity index (χ1) is 11.5. The Hall–Kier alpha value is -2.57. The van der Waals surface area contributed by atoms with Gasteiger partial charge in [0.05, 0.1) is 12.0 Å². The summed E-state index contributed by atoms with van der Waals surface area (Å²) in [6.07, 6.45) is -0.161. The van der Waals surface area contributed by atoms with E-state index in [1.807, 2.05) is 27.7 Å². The molecule has 1 aromatic rings. The lowest BCUT2D eigenvalue weighted by Crippen LogP contribution is -2.51. The second-order valence-corrected chi connectivity index (χ2v) is 6.93. The summed E-state index contributed by atoms with van der Waals surface area (Å²) in [5.41, 5.74) is 0.107. The van der Waals surface area contributed by atoms with Crippen LogP contribution in [0.4, 0.5) is 10.5 Å². The number of hydrogen-bond acceptors (Lipinski definition) is 3. The molecule has 0 aliphatic carbocycles. The van der Waals surface area contributed by atoms with E-state index in [9.17, 15) is 14.4 Å². The fourth-order valence-corrected chi connectivity index (χ4v) is 2.17. The van der Waals surface area contributed by atoms with Gasteiger partial charge in [-0.15, -0.1) is 0 Å². The highest BCUT2D eigenvalue weighted by atomic mass is 16.4. The summed E-state index contributed by atoms with van der Waals surface area (Å²) in [6.45, 7) is 9.16. The number of benzene rings is 1.